The lowest BCUT2D eigenvalue weighted by Crippen LogP contribution is -1.98. The van der Waals surface area contributed by atoms with Gasteiger partial charge < -0.3 is 0 Å². The van der Waals surface area contributed by atoms with E-state index in [2.05, 4.69) is 0 Å². The van der Waals surface area contributed by atoms with Crippen LogP contribution in [-0.2, 0) is 0 Å². The van der Waals surface area contributed by atoms with E-state index in [1.807, 2.05) is 31.2 Å². The number of aryl methyl sites for hydroxylation is 1. The standard InChI is InChI=1S/C7H7Cl2P/c1-6-4-2-3-5-7(6)10(8)9/h2-5H,1H3. The Balaban J connectivity index is 3.03. The molecule has 0 heterocycles. The van der Waals surface area contributed by atoms with E-state index in [0.717, 1.165) is 5.30 Å². The zero-order chi connectivity index (χ0) is 7.56. The van der Waals surface area contributed by atoms with Gasteiger partial charge in [-0.15, -0.1) is 0 Å². The van der Waals surface area contributed by atoms with E-state index < -0.39 is 6.63 Å². The second kappa shape index (κ2) is 3.57. The van der Waals surface area contributed by atoms with Gasteiger partial charge in [0.05, 0.1) is 0 Å². The lowest BCUT2D eigenvalue weighted by molar-refractivity contribution is 1.52. The van der Waals surface area contributed by atoms with Crippen LogP contribution >= 0.6 is 29.1 Å². The lowest BCUT2D eigenvalue weighted by atomic mass is 10.2. The van der Waals surface area contributed by atoms with Crippen LogP contribution in [0, 0.1) is 6.92 Å². The minimum Gasteiger partial charge on any atom is -0.0727 e. The first kappa shape index (κ1) is 8.33. The third-order valence-electron chi connectivity index (χ3n) is 1.30. The van der Waals surface area contributed by atoms with Gasteiger partial charge in [-0.2, -0.15) is 0 Å². The first-order valence-corrected chi connectivity index (χ1v) is 6.04. The Morgan fingerprint density at radius 1 is 1.20 bits per heavy atom. The number of benzene rings is 1. The molecule has 0 atom stereocenters. The van der Waals surface area contributed by atoms with Crippen molar-refractivity contribution in [2.75, 3.05) is 0 Å². The van der Waals surface area contributed by atoms with E-state index in [-0.39, 0.29) is 0 Å². The molecular weight excluding hydrogens is 186 g/mol. The van der Waals surface area contributed by atoms with Gasteiger partial charge in [0.2, 0.25) is 0 Å². The Labute approximate surface area is 71.5 Å². The van der Waals surface area contributed by atoms with Gasteiger partial charge in [-0.1, -0.05) is 46.7 Å². The molecule has 0 N–H and O–H groups in total. The third kappa shape index (κ3) is 1.85. The summed E-state index contributed by atoms with van der Waals surface area (Å²) in [5.74, 6) is 0. The predicted octanol–water partition coefficient (Wildman–Crippen LogP) is 3.41. The van der Waals surface area contributed by atoms with Crippen molar-refractivity contribution < 1.29 is 0 Å². The molecule has 0 nitrogen and oxygen atoms in total. The van der Waals surface area contributed by atoms with Crippen molar-refractivity contribution in [1.82, 2.24) is 0 Å². The maximum atomic E-state index is 5.74. The zero-order valence-electron chi connectivity index (χ0n) is 5.51. The molecule has 1 aromatic carbocycles. The summed E-state index contributed by atoms with van der Waals surface area (Å²) in [5.41, 5.74) is 1.17. The number of hydrogen-bond acceptors (Lipinski definition) is 0. The van der Waals surface area contributed by atoms with Crippen LogP contribution in [-0.4, -0.2) is 0 Å². The maximum absolute atomic E-state index is 5.74. The van der Waals surface area contributed by atoms with Crippen molar-refractivity contribution in [1.29, 1.82) is 0 Å². The second-order valence-electron chi connectivity index (χ2n) is 2.02. The Morgan fingerprint density at radius 2 is 1.80 bits per heavy atom. The zero-order valence-corrected chi connectivity index (χ0v) is 7.92. The van der Waals surface area contributed by atoms with E-state index in [1.165, 1.54) is 5.56 Å². The van der Waals surface area contributed by atoms with Crippen molar-refractivity contribution in [3.8, 4) is 0 Å². The van der Waals surface area contributed by atoms with Crippen LogP contribution in [0.3, 0.4) is 0 Å². The summed E-state index contributed by atoms with van der Waals surface area (Å²) >= 11 is 11.5. The number of rotatable bonds is 1. The quantitative estimate of drug-likeness (QED) is 0.599. The van der Waals surface area contributed by atoms with Crippen LogP contribution < -0.4 is 5.30 Å². The first-order chi connectivity index (χ1) is 4.72. The smallest absolute Gasteiger partial charge is 0.0727 e. The SMILES string of the molecule is Cc1ccccc1P(Cl)Cl. The largest absolute Gasteiger partial charge is 0.117 e. The van der Waals surface area contributed by atoms with Crippen LogP contribution in [0.1, 0.15) is 5.56 Å². The molecule has 0 radical (unpaired) electrons. The number of hydrogen-bond donors (Lipinski definition) is 0. The molecule has 0 aliphatic carbocycles. The fourth-order valence-electron chi connectivity index (χ4n) is 0.753. The van der Waals surface area contributed by atoms with Crippen molar-refractivity contribution in [2.45, 2.75) is 6.92 Å². The molecule has 0 saturated carbocycles. The monoisotopic (exact) mass is 192 g/mol. The highest BCUT2D eigenvalue weighted by Crippen LogP contribution is 2.45. The fraction of sp³-hybridized carbons (Fsp3) is 0.143. The Bertz CT molecular complexity index is 223. The van der Waals surface area contributed by atoms with E-state index in [9.17, 15) is 0 Å². The van der Waals surface area contributed by atoms with Gasteiger partial charge in [0.1, 0.15) is 6.63 Å². The molecule has 1 rings (SSSR count). The molecule has 0 fully saturated rings. The van der Waals surface area contributed by atoms with Gasteiger partial charge in [-0.25, -0.2) is 0 Å². The summed E-state index contributed by atoms with van der Waals surface area (Å²) in [6, 6.07) is 7.89. The molecular formula is C7H7Cl2P. The highest BCUT2D eigenvalue weighted by atomic mass is 35.9. The predicted molar refractivity (Wildman–Crippen MR) is 49.4 cm³/mol. The molecule has 10 heavy (non-hydrogen) atoms. The third-order valence-corrected chi connectivity index (χ3v) is 3.26. The summed E-state index contributed by atoms with van der Waals surface area (Å²) in [7, 11) is 0. The molecule has 3 heteroatoms. The van der Waals surface area contributed by atoms with Crippen molar-refractivity contribution in [3.63, 3.8) is 0 Å². The van der Waals surface area contributed by atoms with Crippen molar-refractivity contribution >= 4 is 34.4 Å². The molecule has 0 aliphatic rings. The van der Waals surface area contributed by atoms with Crippen LogP contribution in [0.2, 0.25) is 0 Å². The molecule has 0 aliphatic heterocycles. The second-order valence-corrected chi connectivity index (χ2v) is 5.51. The van der Waals surface area contributed by atoms with Crippen LogP contribution in [0.25, 0.3) is 0 Å². The normalized spacial score (nSPS) is 10.4. The van der Waals surface area contributed by atoms with Crippen LogP contribution in [0.4, 0.5) is 0 Å². The molecule has 0 saturated heterocycles. The average molecular weight is 193 g/mol. The molecule has 0 spiro atoms. The first-order valence-electron chi connectivity index (χ1n) is 2.89. The van der Waals surface area contributed by atoms with E-state index in [1.54, 1.807) is 0 Å². The molecule has 0 unspecified atom stereocenters. The van der Waals surface area contributed by atoms with Gasteiger partial charge in [0.25, 0.3) is 0 Å². The van der Waals surface area contributed by atoms with Gasteiger partial charge in [-0.05, 0) is 12.5 Å². The Kier molecular flexibility index (Phi) is 2.97. The summed E-state index contributed by atoms with van der Waals surface area (Å²) in [6.45, 7) is 1.04. The topological polar surface area (TPSA) is 0 Å². The van der Waals surface area contributed by atoms with Gasteiger partial charge in [-0.3, -0.25) is 0 Å². The van der Waals surface area contributed by atoms with Crippen LogP contribution in [0.5, 0.6) is 0 Å². The minimum atomic E-state index is -0.972. The minimum absolute atomic E-state index is 0.972. The summed E-state index contributed by atoms with van der Waals surface area (Å²) in [4.78, 5) is 0. The van der Waals surface area contributed by atoms with Gasteiger partial charge >= 0.3 is 0 Å². The van der Waals surface area contributed by atoms with Crippen molar-refractivity contribution in [3.05, 3.63) is 29.8 Å². The summed E-state index contributed by atoms with van der Waals surface area (Å²) in [6.07, 6.45) is 0. The van der Waals surface area contributed by atoms with Gasteiger partial charge in [0, 0.05) is 5.30 Å². The molecule has 54 valence electrons. The summed E-state index contributed by atoms with van der Waals surface area (Å²) < 4.78 is 0. The molecule has 0 amide bonds. The number of halogens is 2. The molecule has 0 aromatic heterocycles. The highest BCUT2D eigenvalue weighted by Gasteiger charge is 2.04. The van der Waals surface area contributed by atoms with Gasteiger partial charge in [0.15, 0.2) is 0 Å². The van der Waals surface area contributed by atoms with E-state index >= 15 is 0 Å². The van der Waals surface area contributed by atoms with E-state index in [0.29, 0.717) is 0 Å². The molecule has 0 bridgehead atoms. The van der Waals surface area contributed by atoms with Crippen LogP contribution in [0.15, 0.2) is 24.3 Å². The Morgan fingerprint density at radius 3 is 2.20 bits per heavy atom. The molecule has 1 aromatic rings. The van der Waals surface area contributed by atoms with Crippen molar-refractivity contribution in [2.24, 2.45) is 0 Å². The maximum Gasteiger partial charge on any atom is 0.117 e. The lowest BCUT2D eigenvalue weighted by Gasteiger charge is -2.03. The fourth-order valence-corrected chi connectivity index (χ4v) is 2.43. The van der Waals surface area contributed by atoms with E-state index in [4.69, 9.17) is 22.5 Å². The summed E-state index contributed by atoms with van der Waals surface area (Å²) in [5, 5.41) is 1.06. The Hall–Kier alpha value is 0.230. The average Bonchev–Trinajstić information content (AvgIpc) is 1.88. The highest BCUT2D eigenvalue weighted by molar-refractivity contribution is 8.08.